The highest BCUT2D eigenvalue weighted by atomic mass is 19.1. The van der Waals surface area contributed by atoms with Crippen molar-refractivity contribution in [3.63, 3.8) is 0 Å². The van der Waals surface area contributed by atoms with Gasteiger partial charge in [0.1, 0.15) is 12.2 Å². The lowest BCUT2D eigenvalue weighted by Crippen LogP contribution is -2.25. The Bertz CT molecular complexity index is 367. The first-order chi connectivity index (χ1) is 8.19. The second kappa shape index (κ2) is 6.85. The summed E-state index contributed by atoms with van der Waals surface area (Å²) in [4.78, 5) is 11.7. The first kappa shape index (κ1) is 13.4. The number of ether oxygens (including phenoxy) is 1. The molecule has 0 radical (unpaired) electrons. The molecule has 1 heterocycles. The number of halogens is 1. The fourth-order valence-corrected chi connectivity index (χ4v) is 1.33. The summed E-state index contributed by atoms with van der Waals surface area (Å²) in [5.74, 6) is -0.189. The van der Waals surface area contributed by atoms with Gasteiger partial charge in [-0.25, -0.2) is 4.39 Å². The molecule has 1 aromatic heterocycles. The van der Waals surface area contributed by atoms with Crippen LogP contribution in [0, 0.1) is 0 Å². The molecule has 0 spiro atoms. The number of nitrogen functional groups attached to an aromatic ring is 1. The highest BCUT2D eigenvalue weighted by Gasteiger charge is 2.13. The maximum Gasteiger partial charge on any atom is 0.256 e. The van der Waals surface area contributed by atoms with Crippen LogP contribution < -0.4 is 11.1 Å². The minimum atomic E-state index is -0.546. The number of aryl methyl sites for hydroxylation is 1. The predicted octanol–water partition coefficient (Wildman–Crippen LogP) is 0.201. The molecule has 1 amide bonds. The van der Waals surface area contributed by atoms with Crippen molar-refractivity contribution < 1.29 is 13.9 Å². The zero-order valence-electron chi connectivity index (χ0n) is 9.78. The zero-order chi connectivity index (χ0) is 12.7. The topological polar surface area (TPSA) is 82.2 Å². The van der Waals surface area contributed by atoms with Gasteiger partial charge in [0.25, 0.3) is 5.91 Å². The third-order valence-electron chi connectivity index (χ3n) is 2.16. The van der Waals surface area contributed by atoms with Crippen molar-refractivity contribution in [1.82, 2.24) is 15.1 Å². The van der Waals surface area contributed by atoms with Crippen molar-refractivity contribution in [2.45, 2.75) is 13.0 Å². The first-order valence-corrected chi connectivity index (χ1v) is 5.35. The van der Waals surface area contributed by atoms with Gasteiger partial charge in [0.2, 0.25) is 0 Å². The minimum Gasteiger partial charge on any atom is -0.385 e. The number of carbonyl (C=O) groups excluding carboxylic acids is 1. The molecule has 0 aromatic carbocycles. The highest BCUT2D eigenvalue weighted by Crippen LogP contribution is 2.08. The molecule has 0 bridgehead atoms. The second-order valence-corrected chi connectivity index (χ2v) is 3.48. The number of nitrogens with two attached hydrogens (primary N) is 1. The van der Waals surface area contributed by atoms with Gasteiger partial charge in [0.15, 0.2) is 5.82 Å². The Morgan fingerprint density at radius 3 is 3.12 bits per heavy atom. The van der Waals surface area contributed by atoms with Gasteiger partial charge >= 0.3 is 0 Å². The molecule has 0 aliphatic heterocycles. The lowest BCUT2D eigenvalue weighted by atomic mass is 10.3. The van der Waals surface area contributed by atoms with E-state index >= 15 is 0 Å². The van der Waals surface area contributed by atoms with Crippen LogP contribution >= 0.6 is 0 Å². The molecule has 7 heteroatoms. The SMILES string of the molecule is COCCCNC(=O)c1cn(CCF)nc1N. The molecule has 0 saturated carbocycles. The standard InChI is InChI=1S/C10H17FN4O2/c1-17-6-2-4-13-10(16)8-7-15(5-3-11)14-9(8)12/h7H,2-6H2,1H3,(H2,12,14)(H,13,16). The first-order valence-electron chi connectivity index (χ1n) is 5.35. The van der Waals surface area contributed by atoms with Crippen molar-refractivity contribution >= 4 is 11.7 Å². The fourth-order valence-electron chi connectivity index (χ4n) is 1.33. The Morgan fingerprint density at radius 2 is 2.47 bits per heavy atom. The van der Waals surface area contributed by atoms with Gasteiger partial charge in [-0.2, -0.15) is 5.10 Å². The fraction of sp³-hybridized carbons (Fsp3) is 0.600. The van der Waals surface area contributed by atoms with E-state index in [-0.39, 0.29) is 23.8 Å². The molecule has 0 unspecified atom stereocenters. The van der Waals surface area contributed by atoms with Crippen molar-refractivity contribution in [1.29, 1.82) is 0 Å². The molecule has 0 fully saturated rings. The molecule has 3 N–H and O–H groups in total. The number of anilines is 1. The third-order valence-corrected chi connectivity index (χ3v) is 2.16. The molecule has 0 aliphatic rings. The summed E-state index contributed by atoms with van der Waals surface area (Å²) in [6, 6.07) is 0. The van der Waals surface area contributed by atoms with E-state index in [0.29, 0.717) is 13.2 Å². The van der Waals surface area contributed by atoms with Crippen LogP contribution in [0.3, 0.4) is 0 Å². The number of amides is 1. The number of hydrogen-bond donors (Lipinski definition) is 2. The normalized spacial score (nSPS) is 10.5. The summed E-state index contributed by atoms with van der Waals surface area (Å²) in [6.45, 7) is 0.633. The quantitative estimate of drug-likeness (QED) is 0.671. The number of hydrogen-bond acceptors (Lipinski definition) is 4. The maximum atomic E-state index is 12.1. The molecule has 0 atom stereocenters. The molecule has 1 aromatic rings. The van der Waals surface area contributed by atoms with Crippen LogP contribution in [0.25, 0.3) is 0 Å². The van der Waals surface area contributed by atoms with E-state index < -0.39 is 6.67 Å². The summed E-state index contributed by atoms with van der Waals surface area (Å²) in [6.07, 6.45) is 2.17. The predicted molar refractivity (Wildman–Crippen MR) is 61.4 cm³/mol. The Balaban J connectivity index is 2.50. The minimum absolute atomic E-state index is 0.0984. The van der Waals surface area contributed by atoms with Crippen LogP contribution in [-0.4, -0.2) is 42.6 Å². The van der Waals surface area contributed by atoms with Crippen LogP contribution in [0.4, 0.5) is 10.2 Å². The van der Waals surface area contributed by atoms with E-state index in [9.17, 15) is 9.18 Å². The largest absolute Gasteiger partial charge is 0.385 e. The molecule has 6 nitrogen and oxygen atoms in total. The van der Waals surface area contributed by atoms with E-state index in [2.05, 4.69) is 10.4 Å². The van der Waals surface area contributed by atoms with Gasteiger partial charge in [-0.15, -0.1) is 0 Å². The van der Waals surface area contributed by atoms with Gasteiger partial charge in [-0.1, -0.05) is 0 Å². The highest BCUT2D eigenvalue weighted by molar-refractivity contribution is 5.98. The molecule has 0 saturated heterocycles. The molecule has 17 heavy (non-hydrogen) atoms. The zero-order valence-corrected chi connectivity index (χ0v) is 9.78. The summed E-state index contributed by atoms with van der Waals surface area (Å²) in [5.41, 5.74) is 5.84. The van der Waals surface area contributed by atoms with Crippen molar-refractivity contribution in [3.8, 4) is 0 Å². The molecule has 0 aliphatic carbocycles. The van der Waals surface area contributed by atoms with E-state index in [4.69, 9.17) is 10.5 Å². The number of aromatic nitrogens is 2. The second-order valence-electron chi connectivity index (χ2n) is 3.48. The van der Waals surface area contributed by atoms with E-state index in [1.807, 2.05) is 0 Å². The van der Waals surface area contributed by atoms with Crippen molar-refractivity contribution in [2.24, 2.45) is 0 Å². The Morgan fingerprint density at radius 1 is 1.71 bits per heavy atom. The monoisotopic (exact) mass is 244 g/mol. The number of nitrogens with one attached hydrogen (secondary N) is 1. The number of alkyl halides is 1. The van der Waals surface area contributed by atoms with Crippen LogP contribution in [-0.2, 0) is 11.3 Å². The third kappa shape index (κ3) is 4.03. The summed E-state index contributed by atoms with van der Waals surface area (Å²) < 4.78 is 18.3. The average molecular weight is 244 g/mol. The summed E-state index contributed by atoms with van der Waals surface area (Å²) in [5, 5.41) is 6.52. The molecule has 96 valence electrons. The van der Waals surface area contributed by atoms with Crippen LogP contribution in [0.5, 0.6) is 0 Å². The van der Waals surface area contributed by atoms with Crippen LogP contribution in [0.15, 0.2) is 6.20 Å². The van der Waals surface area contributed by atoms with E-state index in [1.165, 1.54) is 10.9 Å². The average Bonchev–Trinajstić information content (AvgIpc) is 2.66. The number of methoxy groups -OCH3 is 1. The van der Waals surface area contributed by atoms with E-state index in [0.717, 1.165) is 6.42 Å². The van der Waals surface area contributed by atoms with Crippen LogP contribution in [0.1, 0.15) is 16.8 Å². The van der Waals surface area contributed by atoms with Gasteiger partial charge in [-0.05, 0) is 6.42 Å². The molecular weight excluding hydrogens is 227 g/mol. The Hall–Kier alpha value is -1.63. The summed E-state index contributed by atoms with van der Waals surface area (Å²) >= 11 is 0. The number of rotatable bonds is 7. The van der Waals surface area contributed by atoms with Crippen molar-refractivity contribution in [3.05, 3.63) is 11.8 Å². The van der Waals surface area contributed by atoms with Gasteiger partial charge in [0.05, 0.1) is 6.54 Å². The van der Waals surface area contributed by atoms with Crippen LogP contribution in [0.2, 0.25) is 0 Å². The van der Waals surface area contributed by atoms with Crippen molar-refractivity contribution in [2.75, 3.05) is 32.7 Å². The Labute approximate surface area is 98.9 Å². The van der Waals surface area contributed by atoms with Gasteiger partial charge < -0.3 is 15.8 Å². The summed E-state index contributed by atoms with van der Waals surface area (Å²) in [7, 11) is 1.60. The number of carbonyl (C=O) groups is 1. The van der Waals surface area contributed by atoms with Gasteiger partial charge in [-0.3, -0.25) is 9.48 Å². The Kier molecular flexibility index (Phi) is 5.41. The maximum absolute atomic E-state index is 12.1. The molecule has 1 rings (SSSR count). The molecular formula is C10H17FN4O2. The van der Waals surface area contributed by atoms with E-state index in [1.54, 1.807) is 7.11 Å². The lowest BCUT2D eigenvalue weighted by Gasteiger charge is -2.02. The number of nitrogens with zero attached hydrogens (tertiary/aromatic N) is 2. The smallest absolute Gasteiger partial charge is 0.256 e. The van der Waals surface area contributed by atoms with Gasteiger partial charge in [0, 0.05) is 26.5 Å². The lowest BCUT2D eigenvalue weighted by molar-refractivity contribution is 0.0949.